The number of nitrogens with one attached hydrogen (secondary N) is 2. The van der Waals surface area contributed by atoms with Gasteiger partial charge in [-0.1, -0.05) is 13.0 Å². The third kappa shape index (κ3) is 5.43. The molecular weight excluding hydrogens is 299 g/mol. The number of hydrogen-bond donors (Lipinski definition) is 2. The maximum absolute atomic E-state index is 12.8. The summed E-state index contributed by atoms with van der Waals surface area (Å²) < 4.78 is 18.2. The number of rotatable bonds is 6. The van der Waals surface area contributed by atoms with Crippen molar-refractivity contribution >= 4 is 23.2 Å². The molecule has 23 heavy (non-hydrogen) atoms. The van der Waals surface area contributed by atoms with Gasteiger partial charge in [0, 0.05) is 23.9 Å². The van der Waals surface area contributed by atoms with Crippen LogP contribution in [0.15, 0.2) is 48.5 Å². The lowest BCUT2D eigenvalue weighted by atomic mass is 10.3. The van der Waals surface area contributed by atoms with Gasteiger partial charge in [-0.2, -0.15) is 0 Å². The van der Waals surface area contributed by atoms with E-state index < -0.39 is 0 Å². The molecule has 2 amide bonds. The fourth-order valence-electron chi connectivity index (χ4n) is 1.79. The third-order valence-electron chi connectivity index (χ3n) is 2.94. The lowest BCUT2D eigenvalue weighted by molar-refractivity contribution is -0.118. The van der Waals surface area contributed by atoms with E-state index in [0.29, 0.717) is 23.5 Å². The molecule has 0 spiro atoms. The molecule has 0 atom stereocenters. The first-order chi connectivity index (χ1) is 11.1. The fraction of sp³-hybridized carbons (Fsp3) is 0.176. The van der Waals surface area contributed by atoms with Crippen molar-refractivity contribution in [3.05, 3.63) is 54.3 Å². The van der Waals surface area contributed by atoms with Crippen LogP contribution in [0, 0.1) is 5.82 Å². The predicted octanol–water partition coefficient (Wildman–Crippen LogP) is 3.19. The normalized spacial score (nSPS) is 10.0. The highest BCUT2D eigenvalue weighted by Gasteiger charge is 2.05. The summed E-state index contributed by atoms with van der Waals surface area (Å²) in [4.78, 5) is 23.1. The Kier molecular flexibility index (Phi) is 5.68. The molecular formula is C17H17FN2O3. The average molecular weight is 316 g/mol. The Balaban J connectivity index is 1.87. The van der Waals surface area contributed by atoms with Crippen molar-refractivity contribution in [3.63, 3.8) is 0 Å². The van der Waals surface area contributed by atoms with Gasteiger partial charge in [0.15, 0.2) is 6.61 Å². The quantitative estimate of drug-likeness (QED) is 0.860. The molecule has 0 saturated carbocycles. The van der Waals surface area contributed by atoms with Crippen molar-refractivity contribution in [3.8, 4) is 5.75 Å². The summed E-state index contributed by atoms with van der Waals surface area (Å²) in [5.41, 5.74) is 1.09. The zero-order valence-electron chi connectivity index (χ0n) is 12.6. The molecule has 6 heteroatoms. The smallest absolute Gasteiger partial charge is 0.262 e. The minimum Gasteiger partial charge on any atom is -0.484 e. The second-order valence-electron chi connectivity index (χ2n) is 4.77. The van der Waals surface area contributed by atoms with Crippen LogP contribution in [0.4, 0.5) is 15.8 Å². The lowest BCUT2D eigenvalue weighted by Crippen LogP contribution is -2.20. The molecule has 0 aliphatic heterocycles. The van der Waals surface area contributed by atoms with E-state index in [1.807, 2.05) is 0 Å². The van der Waals surface area contributed by atoms with Crippen molar-refractivity contribution in [2.45, 2.75) is 13.3 Å². The molecule has 120 valence electrons. The van der Waals surface area contributed by atoms with E-state index in [1.165, 1.54) is 24.3 Å². The van der Waals surface area contributed by atoms with Crippen LogP contribution in [0.3, 0.4) is 0 Å². The maximum Gasteiger partial charge on any atom is 0.262 e. The van der Waals surface area contributed by atoms with Gasteiger partial charge in [0.05, 0.1) is 0 Å². The summed E-state index contributed by atoms with van der Waals surface area (Å²) in [6, 6.07) is 12.2. The Labute approximate surface area is 133 Å². The van der Waals surface area contributed by atoms with Crippen LogP contribution in [0.1, 0.15) is 13.3 Å². The zero-order chi connectivity index (χ0) is 16.7. The van der Waals surface area contributed by atoms with Crippen LogP contribution in [0.5, 0.6) is 5.75 Å². The van der Waals surface area contributed by atoms with E-state index in [2.05, 4.69) is 10.6 Å². The van der Waals surface area contributed by atoms with Crippen LogP contribution in [-0.2, 0) is 9.59 Å². The van der Waals surface area contributed by atoms with E-state index in [1.54, 1.807) is 31.2 Å². The van der Waals surface area contributed by atoms with Crippen molar-refractivity contribution < 1.29 is 18.7 Å². The molecule has 0 aliphatic carbocycles. The Morgan fingerprint density at radius 1 is 1.00 bits per heavy atom. The van der Waals surface area contributed by atoms with Crippen molar-refractivity contribution in [2.24, 2.45) is 0 Å². The number of hydrogen-bond acceptors (Lipinski definition) is 3. The maximum atomic E-state index is 12.8. The van der Waals surface area contributed by atoms with Crippen LogP contribution < -0.4 is 15.4 Å². The number of halogens is 1. The largest absolute Gasteiger partial charge is 0.484 e. The summed E-state index contributed by atoms with van der Waals surface area (Å²) >= 11 is 0. The summed E-state index contributed by atoms with van der Waals surface area (Å²) in [6.45, 7) is 1.57. The van der Waals surface area contributed by atoms with Gasteiger partial charge in [-0.15, -0.1) is 0 Å². The SMILES string of the molecule is CCC(=O)Nc1cccc(OCC(=O)Nc2ccc(F)cc2)c1. The van der Waals surface area contributed by atoms with Gasteiger partial charge in [0.1, 0.15) is 11.6 Å². The number of amides is 2. The number of anilines is 2. The highest BCUT2D eigenvalue weighted by molar-refractivity contribution is 5.92. The topological polar surface area (TPSA) is 67.4 Å². The van der Waals surface area contributed by atoms with Gasteiger partial charge in [-0.25, -0.2) is 4.39 Å². The van der Waals surface area contributed by atoms with E-state index in [9.17, 15) is 14.0 Å². The molecule has 0 heterocycles. The molecule has 2 aromatic carbocycles. The van der Waals surface area contributed by atoms with Crippen molar-refractivity contribution in [1.82, 2.24) is 0 Å². The first-order valence-electron chi connectivity index (χ1n) is 7.15. The van der Waals surface area contributed by atoms with E-state index in [0.717, 1.165) is 0 Å². The Bertz CT molecular complexity index is 686. The standard InChI is InChI=1S/C17H17FN2O3/c1-2-16(21)20-14-4-3-5-15(10-14)23-11-17(22)19-13-8-6-12(18)7-9-13/h3-10H,2,11H2,1H3,(H,19,22)(H,20,21). The number of benzene rings is 2. The second kappa shape index (κ2) is 7.93. The highest BCUT2D eigenvalue weighted by atomic mass is 19.1. The van der Waals surface area contributed by atoms with Gasteiger partial charge in [-0.3, -0.25) is 9.59 Å². The highest BCUT2D eigenvalue weighted by Crippen LogP contribution is 2.17. The predicted molar refractivity (Wildman–Crippen MR) is 85.9 cm³/mol. The van der Waals surface area contributed by atoms with Crippen LogP contribution in [0.25, 0.3) is 0 Å². The van der Waals surface area contributed by atoms with E-state index in [4.69, 9.17) is 4.74 Å². The van der Waals surface area contributed by atoms with Crippen LogP contribution in [-0.4, -0.2) is 18.4 Å². The molecule has 2 aromatic rings. The molecule has 0 saturated heterocycles. The van der Waals surface area contributed by atoms with Crippen molar-refractivity contribution in [2.75, 3.05) is 17.2 Å². The molecule has 0 aromatic heterocycles. The van der Waals surface area contributed by atoms with Gasteiger partial charge in [0.25, 0.3) is 5.91 Å². The summed E-state index contributed by atoms with van der Waals surface area (Å²) in [7, 11) is 0. The van der Waals surface area contributed by atoms with Gasteiger partial charge >= 0.3 is 0 Å². The average Bonchev–Trinajstić information content (AvgIpc) is 2.55. The first kappa shape index (κ1) is 16.5. The number of carbonyl (C=O) groups is 2. The van der Waals surface area contributed by atoms with E-state index >= 15 is 0 Å². The molecule has 0 radical (unpaired) electrons. The van der Waals surface area contributed by atoms with Crippen LogP contribution >= 0.6 is 0 Å². The second-order valence-corrected chi connectivity index (χ2v) is 4.77. The Morgan fingerprint density at radius 3 is 2.39 bits per heavy atom. The number of carbonyl (C=O) groups excluding carboxylic acids is 2. The Hall–Kier alpha value is -2.89. The Morgan fingerprint density at radius 2 is 1.70 bits per heavy atom. The van der Waals surface area contributed by atoms with Gasteiger partial charge < -0.3 is 15.4 Å². The molecule has 2 rings (SSSR count). The molecule has 0 unspecified atom stereocenters. The minimum absolute atomic E-state index is 0.101. The summed E-state index contributed by atoms with van der Waals surface area (Å²) in [5, 5.41) is 5.30. The zero-order valence-corrected chi connectivity index (χ0v) is 12.6. The first-order valence-corrected chi connectivity index (χ1v) is 7.15. The molecule has 0 bridgehead atoms. The number of ether oxygens (including phenoxy) is 1. The lowest BCUT2D eigenvalue weighted by Gasteiger charge is -2.09. The molecule has 5 nitrogen and oxygen atoms in total. The van der Waals surface area contributed by atoms with E-state index in [-0.39, 0.29) is 24.2 Å². The third-order valence-corrected chi connectivity index (χ3v) is 2.94. The monoisotopic (exact) mass is 316 g/mol. The van der Waals surface area contributed by atoms with Crippen molar-refractivity contribution in [1.29, 1.82) is 0 Å². The molecule has 0 fully saturated rings. The molecule has 0 aliphatic rings. The minimum atomic E-state index is -0.370. The summed E-state index contributed by atoms with van der Waals surface area (Å²) in [6.07, 6.45) is 0.380. The van der Waals surface area contributed by atoms with Crippen LogP contribution in [0.2, 0.25) is 0 Å². The molecule has 2 N–H and O–H groups in total. The fourth-order valence-corrected chi connectivity index (χ4v) is 1.79. The van der Waals surface area contributed by atoms with Gasteiger partial charge in [0.2, 0.25) is 5.91 Å². The summed E-state index contributed by atoms with van der Waals surface area (Å²) in [5.74, 6) is -0.367. The van der Waals surface area contributed by atoms with Gasteiger partial charge in [-0.05, 0) is 36.4 Å².